The van der Waals surface area contributed by atoms with E-state index in [4.69, 9.17) is 0 Å². The third kappa shape index (κ3) is 2.66. The monoisotopic (exact) mass is 220 g/mol. The molecule has 0 aliphatic heterocycles. The summed E-state index contributed by atoms with van der Waals surface area (Å²) >= 11 is 0. The van der Waals surface area contributed by atoms with Crippen LogP contribution in [0.25, 0.3) is 5.65 Å². The summed E-state index contributed by atoms with van der Waals surface area (Å²) in [6, 6.07) is 3.81. The van der Waals surface area contributed by atoms with E-state index in [1.165, 1.54) is 0 Å². The van der Waals surface area contributed by atoms with Crippen LogP contribution < -0.4 is 5.32 Å². The Bertz CT molecular complexity index is 449. The van der Waals surface area contributed by atoms with E-state index in [0.29, 0.717) is 0 Å². The fraction of sp³-hybridized carbons (Fsp3) is 0.500. The smallest absolute Gasteiger partial charge is 0.177 e. The Hall–Kier alpha value is -1.69. The number of anilines is 1. The number of rotatable bonds is 5. The molecule has 0 radical (unpaired) electrons. The van der Waals surface area contributed by atoms with Crippen molar-refractivity contribution >= 4 is 11.5 Å². The van der Waals surface area contributed by atoms with Crippen LogP contribution in [0.4, 0.5) is 5.82 Å². The van der Waals surface area contributed by atoms with E-state index >= 15 is 0 Å². The minimum absolute atomic E-state index is 0.763. The summed E-state index contributed by atoms with van der Waals surface area (Å²) < 4.78 is 1.66. The molecule has 0 saturated carbocycles. The zero-order valence-electron chi connectivity index (χ0n) is 9.59. The fourth-order valence-corrected chi connectivity index (χ4v) is 1.43. The van der Waals surface area contributed by atoms with Crippen LogP contribution in [0.1, 0.15) is 6.42 Å². The Labute approximate surface area is 94.3 Å². The van der Waals surface area contributed by atoms with Gasteiger partial charge in [0, 0.05) is 6.54 Å². The molecule has 0 unspecified atom stereocenters. The van der Waals surface area contributed by atoms with Crippen LogP contribution in [0.3, 0.4) is 0 Å². The van der Waals surface area contributed by atoms with Crippen molar-refractivity contribution in [2.75, 3.05) is 32.5 Å². The van der Waals surface area contributed by atoms with Gasteiger partial charge in [-0.1, -0.05) is 0 Å². The summed E-state index contributed by atoms with van der Waals surface area (Å²) in [7, 11) is 4.14. The van der Waals surface area contributed by atoms with E-state index in [1.54, 1.807) is 10.8 Å². The van der Waals surface area contributed by atoms with E-state index in [2.05, 4.69) is 39.6 Å². The van der Waals surface area contributed by atoms with Crippen LogP contribution in [0.2, 0.25) is 0 Å². The molecule has 0 saturated heterocycles. The van der Waals surface area contributed by atoms with Crippen molar-refractivity contribution in [3.05, 3.63) is 18.5 Å². The number of hydrogen-bond donors (Lipinski definition) is 1. The van der Waals surface area contributed by atoms with Crippen molar-refractivity contribution in [1.29, 1.82) is 0 Å². The Kier molecular flexibility index (Phi) is 3.31. The maximum absolute atomic E-state index is 4.32. The van der Waals surface area contributed by atoms with E-state index in [0.717, 1.165) is 31.0 Å². The highest BCUT2D eigenvalue weighted by molar-refractivity contribution is 5.42. The summed E-state index contributed by atoms with van der Waals surface area (Å²) in [5.74, 6) is 0.853. The lowest BCUT2D eigenvalue weighted by atomic mass is 10.4. The van der Waals surface area contributed by atoms with Gasteiger partial charge in [-0.05, 0) is 39.2 Å². The molecule has 6 heteroatoms. The number of nitrogens with zero attached hydrogens (tertiary/aromatic N) is 5. The molecular formula is C10H16N6. The second kappa shape index (κ2) is 4.89. The molecule has 1 N–H and O–H groups in total. The van der Waals surface area contributed by atoms with E-state index in [-0.39, 0.29) is 0 Å². The van der Waals surface area contributed by atoms with Crippen LogP contribution >= 0.6 is 0 Å². The molecule has 0 spiro atoms. The Morgan fingerprint density at radius 3 is 3.06 bits per heavy atom. The molecule has 0 aliphatic rings. The topological polar surface area (TPSA) is 58.3 Å². The van der Waals surface area contributed by atoms with Gasteiger partial charge >= 0.3 is 0 Å². The van der Waals surface area contributed by atoms with Crippen LogP contribution in [-0.2, 0) is 0 Å². The minimum Gasteiger partial charge on any atom is -0.369 e. The van der Waals surface area contributed by atoms with Gasteiger partial charge in [0.2, 0.25) is 0 Å². The van der Waals surface area contributed by atoms with Gasteiger partial charge in [-0.15, -0.1) is 15.3 Å². The molecule has 0 bridgehead atoms. The summed E-state index contributed by atoms with van der Waals surface area (Å²) in [5, 5.41) is 15.3. The largest absolute Gasteiger partial charge is 0.369 e. The van der Waals surface area contributed by atoms with E-state index < -0.39 is 0 Å². The van der Waals surface area contributed by atoms with Gasteiger partial charge in [0.25, 0.3) is 0 Å². The van der Waals surface area contributed by atoms with Crippen molar-refractivity contribution in [1.82, 2.24) is 24.7 Å². The van der Waals surface area contributed by atoms with Gasteiger partial charge in [0.15, 0.2) is 5.65 Å². The quantitative estimate of drug-likeness (QED) is 0.743. The second-order valence-electron chi connectivity index (χ2n) is 3.94. The van der Waals surface area contributed by atoms with Gasteiger partial charge < -0.3 is 10.2 Å². The van der Waals surface area contributed by atoms with Crippen molar-refractivity contribution in [3.63, 3.8) is 0 Å². The molecule has 0 aliphatic carbocycles. The first-order valence-electron chi connectivity index (χ1n) is 5.31. The first-order chi connectivity index (χ1) is 7.75. The average Bonchev–Trinajstić information content (AvgIpc) is 2.71. The summed E-state index contributed by atoms with van der Waals surface area (Å²) in [6.07, 6.45) is 2.69. The number of fused-ring (bicyclic) bond motifs is 1. The van der Waals surface area contributed by atoms with Crippen molar-refractivity contribution < 1.29 is 0 Å². The average molecular weight is 220 g/mol. The molecule has 0 amide bonds. The SMILES string of the molecule is CN(C)CCCNc1ccc2nncn2n1. The maximum atomic E-state index is 4.32. The number of hydrogen-bond acceptors (Lipinski definition) is 5. The zero-order chi connectivity index (χ0) is 11.4. The predicted octanol–water partition coefficient (Wildman–Crippen LogP) is 0.488. The molecule has 16 heavy (non-hydrogen) atoms. The first-order valence-corrected chi connectivity index (χ1v) is 5.31. The predicted molar refractivity (Wildman–Crippen MR) is 62.4 cm³/mol. The molecule has 0 fully saturated rings. The summed E-state index contributed by atoms with van der Waals surface area (Å²) in [6.45, 7) is 1.99. The zero-order valence-corrected chi connectivity index (χ0v) is 9.59. The van der Waals surface area contributed by atoms with Gasteiger partial charge in [-0.2, -0.15) is 4.52 Å². The summed E-state index contributed by atoms with van der Waals surface area (Å²) in [5.41, 5.74) is 0.763. The third-order valence-corrected chi connectivity index (χ3v) is 2.25. The normalized spacial score (nSPS) is 11.2. The molecule has 6 nitrogen and oxygen atoms in total. The van der Waals surface area contributed by atoms with Gasteiger partial charge in [0.05, 0.1) is 0 Å². The molecule has 0 atom stereocenters. The van der Waals surface area contributed by atoms with Crippen molar-refractivity contribution in [3.8, 4) is 0 Å². The first kappa shape index (κ1) is 10.8. The Morgan fingerprint density at radius 2 is 2.25 bits per heavy atom. The van der Waals surface area contributed by atoms with Crippen LogP contribution in [0.5, 0.6) is 0 Å². The van der Waals surface area contributed by atoms with Crippen molar-refractivity contribution in [2.45, 2.75) is 6.42 Å². The van der Waals surface area contributed by atoms with Gasteiger partial charge in [-0.3, -0.25) is 0 Å². The maximum Gasteiger partial charge on any atom is 0.177 e. The lowest BCUT2D eigenvalue weighted by Crippen LogP contribution is -2.16. The van der Waals surface area contributed by atoms with Crippen LogP contribution in [-0.4, -0.2) is 51.9 Å². The molecule has 0 aromatic carbocycles. The molecule has 86 valence electrons. The molecular weight excluding hydrogens is 204 g/mol. The molecule has 2 aromatic heterocycles. The lowest BCUT2D eigenvalue weighted by Gasteiger charge is -2.09. The fourth-order valence-electron chi connectivity index (χ4n) is 1.43. The lowest BCUT2D eigenvalue weighted by molar-refractivity contribution is 0.405. The van der Waals surface area contributed by atoms with Gasteiger partial charge in [-0.25, -0.2) is 0 Å². The van der Waals surface area contributed by atoms with E-state index in [9.17, 15) is 0 Å². The highest BCUT2D eigenvalue weighted by atomic mass is 15.4. The van der Waals surface area contributed by atoms with Crippen molar-refractivity contribution in [2.24, 2.45) is 0 Å². The molecule has 2 heterocycles. The number of nitrogens with one attached hydrogen (secondary N) is 1. The van der Waals surface area contributed by atoms with Crippen LogP contribution in [0, 0.1) is 0 Å². The number of aromatic nitrogens is 4. The third-order valence-electron chi connectivity index (χ3n) is 2.25. The minimum atomic E-state index is 0.763. The Balaban J connectivity index is 1.89. The standard InChI is InChI=1S/C10H16N6/c1-15(2)7-3-6-11-9-4-5-10-13-12-8-16(10)14-9/h4-5,8H,3,6-7H2,1-2H3,(H,11,14). The molecule has 2 aromatic rings. The van der Waals surface area contributed by atoms with Gasteiger partial charge in [0.1, 0.15) is 12.1 Å². The highest BCUT2D eigenvalue weighted by Crippen LogP contribution is 2.03. The Morgan fingerprint density at radius 1 is 1.38 bits per heavy atom. The summed E-state index contributed by atoms with van der Waals surface area (Å²) in [4.78, 5) is 2.16. The van der Waals surface area contributed by atoms with E-state index in [1.807, 2.05) is 12.1 Å². The highest BCUT2D eigenvalue weighted by Gasteiger charge is 1.98. The second-order valence-corrected chi connectivity index (χ2v) is 3.94. The van der Waals surface area contributed by atoms with Crippen LogP contribution in [0.15, 0.2) is 18.5 Å². The molecule has 2 rings (SSSR count).